The number of likely N-dealkylation sites (tertiary alicyclic amines) is 1. The normalized spacial score (nSPS) is 16.8. The molecule has 2 aromatic rings. The molecule has 0 spiro atoms. The zero-order chi connectivity index (χ0) is 13.2. The summed E-state index contributed by atoms with van der Waals surface area (Å²) < 4.78 is 0. The number of amides is 1. The summed E-state index contributed by atoms with van der Waals surface area (Å²) in [5.41, 5.74) is 1.92. The minimum absolute atomic E-state index is 0.173. The molecule has 1 fully saturated rings. The molecule has 1 aliphatic heterocycles. The first-order chi connectivity index (χ1) is 9.24. The van der Waals surface area contributed by atoms with Gasteiger partial charge in [-0.15, -0.1) is 0 Å². The molecule has 4 heteroatoms. The number of piperidine rings is 1. The second-order valence-electron chi connectivity index (χ2n) is 5.07. The molecule has 0 unspecified atom stereocenters. The largest absolute Gasteiger partial charge is 0.343 e. The van der Waals surface area contributed by atoms with Crippen LogP contribution in [0.4, 0.5) is 0 Å². The molecule has 0 radical (unpaired) electrons. The summed E-state index contributed by atoms with van der Waals surface area (Å²) in [5, 5.41) is 1.08. The Morgan fingerprint density at radius 1 is 1.26 bits per heavy atom. The highest BCUT2D eigenvalue weighted by Gasteiger charge is 2.22. The van der Waals surface area contributed by atoms with Crippen molar-refractivity contribution in [3.8, 4) is 0 Å². The van der Waals surface area contributed by atoms with E-state index < -0.39 is 0 Å². The van der Waals surface area contributed by atoms with Gasteiger partial charge in [0.1, 0.15) is 0 Å². The zero-order valence-electron chi connectivity index (χ0n) is 11.0. The van der Waals surface area contributed by atoms with Crippen molar-refractivity contribution < 1.29 is 4.79 Å². The Balaban J connectivity index is 1.80. The lowest BCUT2D eigenvalue weighted by Crippen LogP contribution is -2.36. The topological polar surface area (TPSA) is 46.1 Å². The molecule has 19 heavy (non-hydrogen) atoms. The van der Waals surface area contributed by atoms with Crippen molar-refractivity contribution >= 4 is 16.9 Å². The lowest BCUT2D eigenvalue weighted by molar-refractivity contribution is -0.129. The molecule has 1 amide bonds. The van der Waals surface area contributed by atoms with Gasteiger partial charge in [0.25, 0.3) is 0 Å². The Hall–Kier alpha value is -1.97. The van der Waals surface area contributed by atoms with E-state index in [0.717, 1.165) is 42.7 Å². The fourth-order valence-corrected chi connectivity index (χ4v) is 2.69. The van der Waals surface area contributed by atoms with Crippen LogP contribution in [0.15, 0.2) is 30.5 Å². The lowest BCUT2D eigenvalue weighted by Gasteiger charge is -2.31. The molecule has 0 saturated carbocycles. The van der Waals surface area contributed by atoms with E-state index in [9.17, 15) is 4.79 Å². The standard InChI is InChI=1S/C15H17N3O/c1-11(19)18-9-6-12(7-10-18)14-5-4-13-3-2-8-16-15(13)17-14/h2-5,8,12H,6-7,9-10H2,1H3. The van der Waals surface area contributed by atoms with Gasteiger partial charge in [-0.3, -0.25) is 4.79 Å². The predicted molar refractivity (Wildman–Crippen MR) is 73.8 cm³/mol. The van der Waals surface area contributed by atoms with Gasteiger partial charge in [0.2, 0.25) is 5.91 Å². The molecule has 0 atom stereocenters. The number of hydrogen-bond donors (Lipinski definition) is 0. The van der Waals surface area contributed by atoms with Crippen LogP contribution in [0.1, 0.15) is 31.4 Å². The molecule has 0 bridgehead atoms. The first kappa shape index (κ1) is 12.1. The molecule has 98 valence electrons. The Bertz CT molecular complexity index is 603. The number of carbonyl (C=O) groups is 1. The Morgan fingerprint density at radius 2 is 2.05 bits per heavy atom. The quantitative estimate of drug-likeness (QED) is 0.785. The summed E-state index contributed by atoms with van der Waals surface area (Å²) in [6.07, 6.45) is 3.76. The lowest BCUT2D eigenvalue weighted by atomic mass is 9.93. The first-order valence-electron chi connectivity index (χ1n) is 6.71. The van der Waals surface area contributed by atoms with Crippen molar-refractivity contribution in [1.82, 2.24) is 14.9 Å². The number of hydrogen-bond acceptors (Lipinski definition) is 3. The number of nitrogens with zero attached hydrogens (tertiary/aromatic N) is 3. The van der Waals surface area contributed by atoms with Crippen LogP contribution in [0.3, 0.4) is 0 Å². The van der Waals surface area contributed by atoms with E-state index in [4.69, 9.17) is 0 Å². The van der Waals surface area contributed by atoms with Crippen molar-refractivity contribution in [2.45, 2.75) is 25.7 Å². The first-order valence-corrected chi connectivity index (χ1v) is 6.71. The number of aromatic nitrogens is 2. The molecule has 2 aromatic heterocycles. The molecule has 4 nitrogen and oxygen atoms in total. The van der Waals surface area contributed by atoms with Crippen LogP contribution in [0.5, 0.6) is 0 Å². The van der Waals surface area contributed by atoms with Crippen molar-refractivity contribution in [3.05, 3.63) is 36.2 Å². The Labute approximate surface area is 112 Å². The van der Waals surface area contributed by atoms with Gasteiger partial charge in [-0.25, -0.2) is 9.97 Å². The molecule has 1 aliphatic rings. The summed E-state index contributed by atoms with van der Waals surface area (Å²) in [6, 6.07) is 8.13. The summed E-state index contributed by atoms with van der Waals surface area (Å²) >= 11 is 0. The van der Waals surface area contributed by atoms with E-state index >= 15 is 0 Å². The third kappa shape index (κ3) is 2.43. The van der Waals surface area contributed by atoms with Crippen LogP contribution >= 0.6 is 0 Å². The summed E-state index contributed by atoms with van der Waals surface area (Å²) in [4.78, 5) is 22.2. The van der Waals surface area contributed by atoms with Gasteiger partial charge in [0.05, 0.1) is 0 Å². The average Bonchev–Trinajstić information content (AvgIpc) is 2.47. The van der Waals surface area contributed by atoms with Gasteiger partial charge in [-0.05, 0) is 37.1 Å². The molecular formula is C15H17N3O. The Kier molecular flexibility index (Phi) is 3.15. The van der Waals surface area contributed by atoms with Gasteiger partial charge in [0, 0.05) is 43.2 Å². The number of carbonyl (C=O) groups excluding carboxylic acids is 1. The van der Waals surface area contributed by atoms with Crippen molar-refractivity contribution in [3.63, 3.8) is 0 Å². The maximum atomic E-state index is 11.3. The summed E-state index contributed by atoms with van der Waals surface area (Å²) in [6.45, 7) is 3.31. The van der Waals surface area contributed by atoms with Gasteiger partial charge in [-0.2, -0.15) is 0 Å². The van der Waals surface area contributed by atoms with Crippen LogP contribution in [0.25, 0.3) is 11.0 Å². The Morgan fingerprint density at radius 3 is 2.79 bits per heavy atom. The molecule has 0 aromatic carbocycles. The van der Waals surface area contributed by atoms with Gasteiger partial charge in [-0.1, -0.05) is 0 Å². The molecule has 3 heterocycles. The monoisotopic (exact) mass is 255 g/mol. The number of fused-ring (bicyclic) bond motifs is 1. The van der Waals surface area contributed by atoms with E-state index in [1.165, 1.54) is 0 Å². The van der Waals surface area contributed by atoms with Crippen LogP contribution in [0.2, 0.25) is 0 Å². The summed E-state index contributed by atoms with van der Waals surface area (Å²) in [5.74, 6) is 0.619. The van der Waals surface area contributed by atoms with Crippen molar-refractivity contribution in [2.75, 3.05) is 13.1 Å². The van der Waals surface area contributed by atoms with E-state index in [2.05, 4.69) is 22.1 Å². The van der Waals surface area contributed by atoms with Crippen LogP contribution in [-0.2, 0) is 4.79 Å². The minimum Gasteiger partial charge on any atom is -0.343 e. The third-order valence-electron chi connectivity index (χ3n) is 3.84. The maximum absolute atomic E-state index is 11.3. The highest BCUT2D eigenvalue weighted by Crippen LogP contribution is 2.27. The van der Waals surface area contributed by atoms with Crippen LogP contribution < -0.4 is 0 Å². The average molecular weight is 255 g/mol. The number of rotatable bonds is 1. The predicted octanol–water partition coefficient (Wildman–Crippen LogP) is 2.36. The van der Waals surface area contributed by atoms with Gasteiger partial charge < -0.3 is 4.90 Å². The van der Waals surface area contributed by atoms with Crippen molar-refractivity contribution in [1.29, 1.82) is 0 Å². The van der Waals surface area contributed by atoms with E-state index in [1.807, 2.05) is 17.0 Å². The number of pyridine rings is 2. The van der Waals surface area contributed by atoms with Crippen molar-refractivity contribution in [2.24, 2.45) is 0 Å². The van der Waals surface area contributed by atoms with Gasteiger partial charge >= 0.3 is 0 Å². The van der Waals surface area contributed by atoms with Crippen LogP contribution in [-0.4, -0.2) is 33.9 Å². The maximum Gasteiger partial charge on any atom is 0.219 e. The highest BCUT2D eigenvalue weighted by molar-refractivity contribution is 5.74. The second-order valence-corrected chi connectivity index (χ2v) is 5.07. The molecular weight excluding hydrogens is 238 g/mol. The van der Waals surface area contributed by atoms with Crippen LogP contribution in [0, 0.1) is 0 Å². The van der Waals surface area contributed by atoms with Gasteiger partial charge in [0.15, 0.2) is 5.65 Å². The molecule has 0 N–H and O–H groups in total. The third-order valence-corrected chi connectivity index (χ3v) is 3.84. The second kappa shape index (κ2) is 4.96. The fraction of sp³-hybridized carbons (Fsp3) is 0.400. The van der Waals surface area contributed by atoms with E-state index in [1.54, 1.807) is 13.1 Å². The molecule has 3 rings (SSSR count). The fourth-order valence-electron chi connectivity index (χ4n) is 2.69. The highest BCUT2D eigenvalue weighted by atomic mass is 16.2. The minimum atomic E-state index is 0.173. The molecule has 1 saturated heterocycles. The smallest absolute Gasteiger partial charge is 0.219 e. The van der Waals surface area contributed by atoms with E-state index in [-0.39, 0.29) is 5.91 Å². The SMILES string of the molecule is CC(=O)N1CCC(c2ccc3cccnc3n2)CC1. The zero-order valence-corrected chi connectivity index (χ0v) is 11.0. The molecule has 0 aliphatic carbocycles. The summed E-state index contributed by atoms with van der Waals surface area (Å²) in [7, 11) is 0. The van der Waals surface area contributed by atoms with E-state index in [0.29, 0.717) is 5.92 Å².